The van der Waals surface area contributed by atoms with Crippen molar-refractivity contribution in [3.05, 3.63) is 12.2 Å². The molecule has 0 aromatic carbocycles. The summed E-state index contributed by atoms with van der Waals surface area (Å²) >= 11 is 0. The molecule has 0 aliphatic heterocycles. The van der Waals surface area contributed by atoms with E-state index in [0.29, 0.717) is 13.0 Å². The molecule has 0 saturated heterocycles. The van der Waals surface area contributed by atoms with Gasteiger partial charge in [-0.05, 0) is 32.1 Å². The molecule has 2 nitrogen and oxygen atoms in total. The number of unbranched alkanes of at least 4 members (excludes halogenated alkanes) is 22. The van der Waals surface area contributed by atoms with Crippen LogP contribution in [0.4, 0.5) is 0 Å². The van der Waals surface area contributed by atoms with E-state index in [1.807, 2.05) is 6.92 Å². The molecule has 0 aromatic heterocycles. The third kappa shape index (κ3) is 29.2. The molecular weight excluding hydrogens is 404 g/mol. The minimum atomic E-state index is -0.0682. The van der Waals surface area contributed by atoms with Crippen molar-refractivity contribution in [2.45, 2.75) is 174 Å². The van der Waals surface area contributed by atoms with Crippen molar-refractivity contribution in [3.63, 3.8) is 0 Å². The highest BCUT2D eigenvalue weighted by molar-refractivity contribution is 5.68. The van der Waals surface area contributed by atoms with E-state index in [1.165, 1.54) is 148 Å². The molecule has 0 saturated carbocycles. The Bertz CT molecular complexity index is 402. The number of ether oxygens (including phenoxy) is 1. The van der Waals surface area contributed by atoms with Crippen LogP contribution in [-0.4, -0.2) is 12.6 Å². The van der Waals surface area contributed by atoms with Crippen molar-refractivity contribution in [2.24, 2.45) is 0 Å². The van der Waals surface area contributed by atoms with Crippen LogP contribution in [0.2, 0.25) is 0 Å². The Morgan fingerprint density at radius 1 is 0.485 bits per heavy atom. The molecule has 33 heavy (non-hydrogen) atoms. The Balaban J connectivity index is 3.09. The molecule has 0 aromatic rings. The Morgan fingerprint density at radius 2 is 0.818 bits per heavy atom. The number of esters is 1. The van der Waals surface area contributed by atoms with Crippen LogP contribution in [-0.2, 0) is 9.53 Å². The molecule has 0 N–H and O–H groups in total. The first-order valence-electron chi connectivity index (χ1n) is 15.1. The smallest absolute Gasteiger partial charge is 0.305 e. The lowest BCUT2D eigenvalue weighted by molar-refractivity contribution is -0.143. The van der Waals surface area contributed by atoms with Gasteiger partial charge in [-0.15, -0.1) is 0 Å². The van der Waals surface area contributed by atoms with E-state index in [-0.39, 0.29) is 5.97 Å². The van der Waals surface area contributed by atoms with Gasteiger partial charge in [0.2, 0.25) is 0 Å². The maximum absolute atomic E-state index is 11.0. The first-order chi connectivity index (χ1) is 16.3. The normalized spacial score (nSPS) is 11.5. The molecule has 0 atom stereocenters. The Hall–Kier alpha value is -0.790. The second-order valence-corrected chi connectivity index (χ2v) is 10.0. The first kappa shape index (κ1) is 32.2. The lowest BCUT2D eigenvalue weighted by Crippen LogP contribution is -2.03. The predicted molar refractivity (Wildman–Crippen MR) is 147 cm³/mol. The summed E-state index contributed by atoms with van der Waals surface area (Å²) in [4.78, 5) is 11.0. The second kappa shape index (κ2) is 29.2. The van der Waals surface area contributed by atoms with Gasteiger partial charge in [0.1, 0.15) is 0 Å². The van der Waals surface area contributed by atoms with E-state index in [1.54, 1.807) is 0 Å². The number of carbonyl (C=O) groups excluding carboxylic acids is 1. The number of allylic oxidation sites excluding steroid dienone is 2. The van der Waals surface area contributed by atoms with Crippen molar-refractivity contribution in [3.8, 4) is 0 Å². The van der Waals surface area contributed by atoms with Crippen LogP contribution < -0.4 is 0 Å². The molecule has 0 aliphatic rings. The molecule has 0 bridgehead atoms. The number of rotatable bonds is 27. The van der Waals surface area contributed by atoms with Gasteiger partial charge >= 0.3 is 5.97 Å². The first-order valence-corrected chi connectivity index (χ1v) is 15.1. The van der Waals surface area contributed by atoms with Gasteiger partial charge in [0.05, 0.1) is 6.61 Å². The molecular formula is C31H60O2. The van der Waals surface area contributed by atoms with Crippen LogP contribution in [0.3, 0.4) is 0 Å². The summed E-state index contributed by atoms with van der Waals surface area (Å²) in [7, 11) is 0. The van der Waals surface area contributed by atoms with Crippen molar-refractivity contribution >= 4 is 5.97 Å². The van der Waals surface area contributed by atoms with E-state index < -0.39 is 0 Å². The Labute approximate surface area is 208 Å². The summed E-state index contributed by atoms with van der Waals surface area (Å²) in [6.07, 6.45) is 38.4. The lowest BCUT2D eigenvalue weighted by atomic mass is 10.0. The monoisotopic (exact) mass is 464 g/mol. The molecule has 0 heterocycles. The van der Waals surface area contributed by atoms with Gasteiger partial charge in [0.25, 0.3) is 0 Å². The largest absolute Gasteiger partial charge is 0.466 e. The molecule has 0 amide bonds. The summed E-state index contributed by atoms with van der Waals surface area (Å²) in [6.45, 7) is 4.75. The summed E-state index contributed by atoms with van der Waals surface area (Å²) in [5.41, 5.74) is 0. The molecule has 0 radical (unpaired) electrons. The molecule has 0 unspecified atom stereocenters. The third-order valence-electron chi connectivity index (χ3n) is 6.71. The van der Waals surface area contributed by atoms with Gasteiger partial charge in [-0.3, -0.25) is 4.79 Å². The highest BCUT2D eigenvalue weighted by Gasteiger charge is 1.97. The van der Waals surface area contributed by atoms with Crippen molar-refractivity contribution in [1.82, 2.24) is 0 Å². The fourth-order valence-corrected chi connectivity index (χ4v) is 4.41. The van der Waals surface area contributed by atoms with Gasteiger partial charge in [0.15, 0.2) is 0 Å². The SMILES string of the molecule is CCCCCCCCCCCCCCCCCCC=CCCCCCCCCOC(=O)CC. The zero-order valence-electron chi connectivity index (χ0n) is 22.9. The molecule has 0 fully saturated rings. The van der Waals surface area contributed by atoms with E-state index >= 15 is 0 Å². The molecule has 0 aliphatic carbocycles. The van der Waals surface area contributed by atoms with E-state index in [0.717, 1.165) is 6.42 Å². The second-order valence-electron chi connectivity index (χ2n) is 10.0. The molecule has 0 rings (SSSR count). The van der Waals surface area contributed by atoms with Gasteiger partial charge in [-0.1, -0.05) is 148 Å². The summed E-state index contributed by atoms with van der Waals surface area (Å²) < 4.78 is 5.10. The van der Waals surface area contributed by atoms with E-state index in [2.05, 4.69) is 19.1 Å². The van der Waals surface area contributed by atoms with Gasteiger partial charge < -0.3 is 4.74 Å². The van der Waals surface area contributed by atoms with Gasteiger partial charge in [-0.25, -0.2) is 0 Å². The maximum atomic E-state index is 11.0. The summed E-state index contributed by atoms with van der Waals surface area (Å²) in [5.74, 6) is -0.0682. The quantitative estimate of drug-likeness (QED) is 0.0686. The van der Waals surface area contributed by atoms with Crippen LogP contribution in [0.1, 0.15) is 174 Å². The fraction of sp³-hybridized carbons (Fsp3) is 0.903. The van der Waals surface area contributed by atoms with Crippen LogP contribution in [0.15, 0.2) is 12.2 Å². The minimum absolute atomic E-state index is 0.0682. The van der Waals surface area contributed by atoms with Crippen LogP contribution in [0.5, 0.6) is 0 Å². The van der Waals surface area contributed by atoms with Gasteiger partial charge in [-0.2, -0.15) is 0 Å². The maximum Gasteiger partial charge on any atom is 0.305 e. The lowest BCUT2D eigenvalue weighted by Gasteiger charge is -2.03. The minimum Gasteiger partial charge on any atom is -0.466 e. The standard InChI is InChI=1S/C31H60O2/c1-3-5-6-7-8-9-10-11-12-13-14-15-16-17-18-19-20-21-22-23-24-25-26-27-28-29-30-33-31(32)4-2/h21-22H,3-20,23-30H2,1-2H3. The Kier molecular flexibility index (Phi) is 28.5. The van der Waals surface area contributed by atoms with Crippen LogP contribution >= 0.6 is 0 Å². The average molecular weight is 465 g/mol. The van der Waals surface area contributed by atoms with Crippen LogP contribution in [0, 0.1) is 0 Å². The zero-order valence-corrected chi connectivity index (χ0v) is 22.9. The Morgan fingerprint density at radius 3 is 1.18 bits per heavy atom. The van der Waals surface area contributed by atoms with E-state index in [9.17, 15) is 4.79 Å². The predicted octanol–water partition coefficient (Wildman–Crippen LogP) is 10.9. The number of hydrogen-bond donors (Lipinski definition) is 0. The van der Waals surface area contributed by atoms with Crippen molar-refractivity contribution in [2.75, 3.05) is 6.61 Å². The highest BCUT2D eigenvalue weighted by atomic mass is 16.5. The average Bonchev–Trinajstić information content (AvgIpc) is 2.83. The van der Waals surface area contributed by atoms with Crippen molar-refractivity contribution in [1.29, 1.82) is 0 Å². The molecule has 0 spiro atoms. The third-order valence-corrected chi connectivity index (χ3v) is 6.71. The zero-order chi connectivity index (χ0) is 24.1. The van der Waals surface area contributed by atoms with Crippen molar-refractivity contribution < 1.29 is 9.53 Å². The number of carbonyl (C=O) groups is 1. The van der Waals surface area contributed by atoms with Crippen LogP contribution in [0.25, 0.3) is 0 Å². The molecule has 196 valence electrons. The fourth-order valence-electron chi connectivity index (χ4n) is 4.41. The highest BCUT2D eigenvalue weighted by Crippen LogP contribution is 2.14. The van der Waals surface area contributed by atoms with Gasteiger partial charge in [0, 0.05) is 6.42 Å². The molecule has 2 heteroatoms. The summed E-state index contributed by atoms with van der Waals surface area (Å²) in [5, 5.41) is 0. The topological polar surface area (TPSA) is 26.3 Å². The summed E-state index contributed by atoms with van der Waals surface area (Å²) in [6, 6.07) is 0. The number of hydrogen-bond acceptors (Lipinski definition) is 2. The van der Waals surface area contributed by atoms with E-state index in [4.69, 9.17) is 4.74 Å².